The van der Waals surface area contributed by atoms with E-state index < -0.39 is 5.60 Å². The van der Waals surface area contributed by atoms with E-state index in [4.69, 9.17) is 9.47 Å². The number of morpholine rings is 1. The average molecular weight is 333 g/mol. The molecular weight excluding hydrogens is 310 g/mol. The number of ketones is 1. The lowest BCUT2D eigenvalue weighted by Crippen LogP contribution is -2.60. The van der Waals surface area contributed by atoms with Crippen molar-refractivity contribution in [2.45, 2.75) is 51.3 Å². The second kappa shape index (κ2) is 6.47. The topological polar surface area (TPSA) is 81.6 Å². The zero-order chi connectivity index (χ0) is 17.3. The van der Waals surface area contributed by atoms with Crippen LogP contribution in [0.1, 0.15) is 44.1 Å². The summed E-state index contributed by atoms with van der Waals surface area (Å²) in [6.07, 6.45) is 5.36. The fourth-order valence-electron chi connectivity index (χ4n) is 3.38. The second-order valence-electron chi connectivity index (χ2n) is 7.36. The number of carbonyl (C=O) groups excluding carboxylic acids is 2. The van der Waals surface area contributed by atoms with Crippen LogP contribution in [0, 0.1) is 5.92 Å². The minimum Gasteiger partial charge on any atom is -0.444 e. The lowest BCUT2D eigenvalue weighted by molar-refractivity contribution is -0.0861. The van der Waals surface area contributed by atoms with Gasteiger partial charge in [-0.1, -0.05) is 0 Å². The van der Waals surface area contributed by atoms with Gasteiger partial charge in [-0.25, -0.2) is 9.78 Å². The Labute approximate surface area is 141 Å². The molecular formula is C17H23N3O4. The maximum atomic E-state index is 12.7. The molecule has 2 aliphatic rings. The number of carbonyl (C=O) groups is 2. The summed E-state index contributed by atoms with van der Waals surface area (Å²) >= 11 is 0. The molecule has 2 bridgehead atoms. The summed E-state index contributed by atoms with van der Waals surface area (Å²) in [5.41, 5.74) is -0.161. The van der Waals surface area contributed by atoms with E-state index in [0.29, 0.717) is 31.7 Å². The van der Waals surface area contributed by atoms with E-state index in [0.717, 1.165) is 0 Å². The van der Waals surface area contributed by atoms with Crippen molar-refractivity contribution in [2.24, 2.45) is 5.92 Å². The maximum Gasteiger partial charge on any atom is 0.410 e. The fraction of sp³-hybridized carbons (Fsp3) is 0.647. The number of aromatic nitrogens is 2. The number of rotatable bonds is 2. The third-order valence-electron chi connectivity index (χ3n) is 4.31. The molecule has 2 atom stereocenters. The van der Waals surface area contributed by atoms with E-state index in [9.17, 15) is 9.59 Å². The highest BCUT2D eigenvalue weighted by atomic mass is 16.6. The molecule has 0 spiro atoms. The molecule has 0 N–H and O–H groups in total. The van der Waals surface area contributed by atoms with Crippen molar-refractivity contribution in [3.63, 3.8) is 0 Å². The molecule has 7 nitrogen and oxygen atoms in total. The second-order valence-corrected chi connectivity index (χ2v) is 7.36. The standard InChI is InChI=1S/C17H23N3O4/c1-17(2,3)24-16(22)20-12-6-11(7-13(20)10-23-9-12)15(21)14-8-18-4-5-19-14/h4-5,8,11-13H,6-7,9-10H2,1-3H3. The van der Waals surface area contributed by atoms with Gasteiger partial charge in [-0.05, 0) is 33.6 Å². The highest BCUT2D eigenvalue weighted by molar-refractivity contribution is 5.96. The Morgan fingerprint density at radius 2 is 1.88 bits per heavy atom. The minimum atomic E-state index is -0.543. The Kier molecular flexibility index (Phi) is 4.54. The molecule has 130 valence electrons. The first-order valence-electron chi connectivity index (χ1n) is 8.24. The van der Waals surface area contributed by atoms with Gasteiger partial charge in [0.2, 0.25) is 0 Å². The van der Waals surface area contributed by atoms with Crippen molar-refractivity contribution in [3.05, 3.63) is 24.3 Å². The smallest absolute Gasteiger partial charge is 0.410 e. The van der Waals surface area contributed by atoms with Crippen LogP contribution in [0.25, 0.3) is 0 Å². The predicted octanol–water partition coefficient (Wildman–Crippen LogP) is 2.07. The van der Waals surface area contributed by atoms with Gasteiger partial charge in [0, 0.05) is 18.3 Å². The largest absolute Gasteiger partial charge is 0.444 e. The van der Waals surface area contributed by atoms with Gasteiger partial charge >= 0.3 is 6.09 Å². The summed E-state index contributed by atoms with van der Waals surface area (Å²) in [5, 5.41) is 0. The van der Waals surface area contributed by atoms with Gasteiger partial charge in [-0.15, -0.1) is 0 Å². The monoisotopic (exact) mass is 333 g/mol. The molecule has 2 unspecified atom stereocenters. The zero-order valence-electron chi connectivity index (χ0n) is 14.3. The van der Waals surface area contributed by atoms with Crippen LogP contribution >= 0.6 is 0 Å². The lowest BCUT2D eigenvalue weighted by Gasteiger charge is -2.47. The molecule has 2 aliphatic heterocycles. The zero-order valence-corrected chi connectivity index (χ0v) is 14.3. The highest BCUT2D eigenvalue weighted by Gasteiger charge is 2.45. The summed E-state index contributed by atoms with van der Waals surface area (Å²) in [4.78, 5) is 35.0. The van der Waals surface area contributed by atoms with Gasteiger partial charge in [0.1, 0.15) is 11.3 Å². The Bertz CT molecular complexity index is 600. The SMILES string of the molecule is CC(C)(C)OC(=O)N1C2COCC1CC(C(=O)c1cnccn1)C2. The van der Waals surface area contributed by atoms with Crippen LogP contribution in [0.3, 0.4) is 0 Å². The molecule has 0 aliphatic carbocycles. The van der Waals surface area contributed by atoms with Gasteiger partial charge in [0.15, 0.2) is 5.78 Å². The van der Waals surface area contributed by atoms with Crippen molar-refractivity contribution in [1.82, 2.24) is 14.9 Å². The van der Waals surface area contributed by atoms with Crippen LogP contribution in [0.4, 0.5) is 4.79 Å². The molecule has 3 heterocycles. The Morgan fingerprint density at radius 3 is 2.42 bits per heavy atom. The first-order chi connectivity index (χ1) is 11.3. The van der Waals surface area contributed by atoms with Crippen molar-refractivity contribution >= 4 is 11.9 Å². The molecule has 2 fully saturated rings. The summed E-state index contributed by atoms with van der Waals surface area (Å²) in [6.45, 7) is 6.41. The number of hydrogen-bond acceptors (Lipinski definition) is 6. The summed E-state index contributed by atoms with van der Waals surface area (Å²) in [6, 6.07) is -0.282. The first-order valence-corrected chi connectivity index (χ1v) is 8.24. The minimum absolute atomic E-state index is 0.0103. The summed E-state index contributed by atoms with van der Waals surface area (Å²) in [5.74, 6) is -0.178. The van der Waals surface area contributed by atoms with Crippen molar-refractivity contribution in [2.75, 3.05) is 13.2 Å². The number of hydrogen-bond donors (Lipinski definition) is 0. The normalized spacial score (nSPS) is 26.8. The molecule has 2 saturated heterocycles. The lowest BCUT2D eigenvalue weighted by atomic mass is 9.82. The molecule has 0 aromatic carbocycles. The number of piperidine rings is 1. The molecule has 7 heteroatoms. The fourth-order valence-corrected chi connectivity index (χ4v) is 3.38. The number of Topliss-reactive ketones (excluding diaryl/α,β-unsaturated/α-hetero) is 1. The molecule has 1 amide bonds. The number of ether oxygens (including phenoxy) is 2. The van der Waals surface area contributed by atoms with Gasteiger partial charge in [-0.2, -0.15) is 0 Å². The van der Waals surface area contributed by atoms with Crippen LogP contribution in [-0.4, -0.2) is 57.6 Å². The van der Waals surface area contributed by atoms with Gasteiger partial charge in [0.05, 0.1) is 31.5 Å². The third-order valence-corrected chi connectivity index (χ3v) is 4.31. The van der Waals surface area contributed by atoms with Crippen molar-refractivity contribution in [3.8, 4) is 0 Å². The van der Waals surface area contributed by atoms with Gasteiger partial charge in [0.25, 0.3) is 0 Å². The van der Waals surface area contributed by atoms with E-state index >= 15 is 0 Å². The Hall–Kier alpha value is -2.02. The van der Waals surface area contributed by atoms with Crippen LogP contribution in [0.15, 0.2) is 18.6 Å². The van der Waals surface area contributed by atoms with E-state index in [1.54, 1.807) is 11.1 Å². The molecule has 3 rings (SSSR count). The van der Waals surface area contributed by atoms with Crippen LogP contribution < -0.4 is 0 Å². The first kappa shape index (κ1) is 16.8. The van der Waals surface area contributed by atoms with Gasteiger partial charge in [-0.3, -0.25) is 14.7 Å². The van der Waals surface area contributed by atoms with E-state index in [1.807, 2.05) is 20.8 Å². The molecule has 0 saturated carbocycles. The predicted molar refractivity (Wildman–Crippen MR) is 85.6 cm³/mol. The van der Waals surface area contributed by atoms with Crippen molar-refractivity contribution in [1.29, 1.82) is 0 Å². The third kappa shape index (κ3) is 3.56. The maximum absolute atomic E-state index is 12.7. The number of nitrogens with zero attached hydrogens (tertiary/aromatic N) is 3. The Balaban J connectivity index is 1.74. The van der Waals surface area contributed by atoms with Crippen LogP contribution in [0.5, 0.6) is 0 Å². The molecule has 1 aromatic rings. The van der Waals surface area contributed by atoms with Gasteiger partial charge < -0.3 is 9.47 Å². The summed E-state index contributed by atoms with van der Waals surface area (Å²) in [7, 11) is 0. The Morgan fingerprint density at radius 1 is 1.21 bits per heavy atom. The highest BCUT2D eigenvalue weighted by Crippen LogP contribution is 2.34. The number of amides is 1. The molecule has 1 aromatic heterocycles. The van der Waals surface area contributed by atoms with E-state index in [2.05, 4.69) is 9.97 Å². The number of fused-ring (bicyclic) bond motifs is 2. The van der Waals surface area contributed by atoms with Crippen LogP contribution in [0.2, 0.25) is 0 Å². The quantitative estimate of drug-likeness (QED) is 0.771. The molecule has 0 radical (unpaired) electrons. The van der Waals surface area contributed by atoms with Crippen LogP contribution in [-0.2, 0) is 9.47 Å². The van der Waals surface area contributed by atoms with E-state index in [1.165, 1.54) is 12.4 Å². The average Bonchev–Trinajstić information content (AvgIpc) is 2.52. The molecule has 24 heavy (non-hydrogen) atoms. The van der Waals surface area contributed by atoms with Crippen molar-refractivity contribution < 1.29 is 19.1 Å². The van der Waals surface area contributed by atoms with E-state index in [-0.39, 0.29) is 29.9 Å². The summed E-state index contributed by atoms with van der Waals surface area (Å²) < 4.78 is 11.1.